The summed E-state index contributed by atoms with van der Waals surface area (Å²) in [6, 6.07) is 0. The first-order valence-electron chi connectivity index (χ1n) is 16.3. The largest absolute Gasteiger partial charge is 0.376 e. The van der Waals surface area contributed by atoms with Crippen LogP contribution in [-0.2, 0) is 4.74 Å². The van der Waals surface area contributed by atoms with Gasteiger partial charge in [-0.1, -0.05) is 187 Å². The van der Waals surface area contributed by atoms with Gasteiger partial charge < -0.3 is 4.74 Å². The highest BCUT2D eigenvalue weighted by atomic mass is 16.5. The molecule has 0 aliphatic rings. The number of hydrogen-bond acceptors (Lipinski definition) is 1. The molecular formula is C33H67O. The molecule has 1 heteroatoms. The summed E-state index contributed by atoms with van der Waals surface area (Å²) >= 11 is 0. The van der Waals surface area contributed by atoms with Gasteiger partial charge in [0.2, 0.25) is 0 Å². The molecule has 0 heterocycles. The highest BCUT2D eigenvalue weighted by Gasteiger charge is 1.97. The number of ether oxygens (including phenoxy) is 1. The lowest BCUT2D eigenvalue weighted by Crippen LogP contribution is -1.89. The van der Waals surface area contributed by atoms with Crippen molar-refractivity contribution in [2.75, 3.05) is 6.61 Å². The number of rotatable bonds is 31. The van der Waals surface area contributed by atoms with E-state index >= 15 is 0 Å². The van der Waals surface area contributed by atoms with E-state index in [-0.39, 0.29) is 0 Å². The molecule has 0 rings (SSSR count). The Bertz CT molecular complexity index is 295. The monoisotopic (exact) mass is 480 g/mol. The van der Waals surface area contributed by atoms with Crippen LogP contribution in [0.15, 0.2) is 0 Å². The predicted molar refractivity (Wildman–Crippen MR) is 155 cm³/mol. The highest BCUT2D eigenvalue weighted by Crippen LogP contribution is 2.16. The third-order valence-corrected chi connectivity index (χ3v) is 7.37. The number of hydrogen-bond donors (Lipinski definition) is 0. The quantitative estimate of drug-likeness (QED) is 0.0898. The minimum Gasteiger partial charge on any atom is -0.376 e. The normalized spacial score (nSPS) is 11.5. The zero-order valence-corrected chi connectivity index (χ0v) is 24.2. The zero-order valence-electron chi connectivity index (χ0n) is 24.2. The summed E-state index contributed by atoms with van der Waals surface area (Å²) < 4.78 is 5.42. The average Bonchev–Trinajstić information content (AvgIpc) is 2.85. The fourth-order valence-corrected chi connectivity index (χ4v) is 5.00. The van der Waals surface area contributed by atoms with Crippen molar-refractivity contribution in [3.63, 3.8) is 0 Å². The van der Waals surface area contributed by atoms with Crippen LogP contribution in [0.4, 0.5) is 0 Å². The van der Waals surface area contributed by atoms with Gasteiger partial charge in [-0.3, -0.25) is 0 Å². The molecule has 0 amide bonds. The van der Waals surface area contributed by atoms with Crippen LogP contribution in [-0.4, -0.2) is 6.61 Å². The average molecular weight is 480 g/mol. The molecule has 0 fully saturated rings. The van der Waals surface area contributed by atoms with E-state index in [2.05, 4.69) is 13.8 Å². The van der Waals surface area contributed by atoms with Gasteiger partial charge in [0.25, 0.3) is 0 Å². The summed E-state index contributed by atoms with van der Waals surface area (Å²) in [6.07, 6.45) is 41.7. The Morgan fingerprint density at radius 2 is 0.588 bits per heavy atom. The molecule has 0 aliphatic heterocycles. The molecule has 0 unspecified atom stereocenters. The fraction of sp³-hybridized carbons (Fsp3) is 0.970. The molecule has 0 bridgehead atoms. The third kappa shape index (κ3) is 32.0. The maximum atomic E-state index is 5.42. The van der Waals surface area contributed by atoms with Gasteiger partial charge in [-0.15, -0.1) is 0 Å². The van der Waals surface area contributed by atoms with Crippen LogP contribution in [0.25, 0.3) is 0 Å². The van der Waals surface area contributed by atoms with Gasteiger partial charge in [0, 0.05) is 6.61 Å². The van der Waals surface area contributed by atoms with Gasteiger partial charge in [0.15, 0.2) is 0 Å². The van der Waals surface area contributed by atoms with Crippen molar-refractivity contribution in [1.82, 2.24) is 0 Å². The molecule has 0 aromatic rings. The summed E-state index contributed by atoms with van der Waals surface area (Å²) in [6.45, 7) is 7.37. The van der Waals surface area contributed by atoms with E-state index in [1.807, 2.05) is 6.61 Å². The van der Waals surface area contributed by atoms with Gasteiger partial charge in [0.1, 0.15) is 0 Å². The smallest absolute Gasteiger partial charge is 0.0836 e. The lowest BCUT2D eigenvalue weighted by atomic mass is 10.0. The molecule has 0 saturated carbocycles. The second kappa shape index (κ2) is 33.0. The molecule has 0 aromatic carbocycles. The SMILES string of the molecule is CCCCCCCCCCCCCCCCCCCCCCCCCCCCC[CH]OCCC. The summed E-state index contributed by atoms with van der Waals surface area (Å²) in [5.41, 5.74) is 0. The van der Waals surface area contributed by atoms with Crippen molar-refractivity contribution in [1.29, 1.82) is 0 Å². The first-order chi connectivity index (χ1) is 16.9. The molecule has 0 aliphatic carbocycles. The van der Waals surface area contributed by atoms with Gasteiger partial charge in [-0.25, -0.2) is 0 Å². The molecule has 0 aromatic heterocycles. The van der Waals surface area contributed by atoms with Crippen molar-refractivity contribution in [3.8, 4) is 0 Å². The standard InChI is InChI=1S/C33H67O/c1-3-5-6-7-8-9-10-11-12-13-14-15-16-17-18-19-20-21-22-23-24-25-26-27-28-29-30-31-33-34-32-4-2/h33H,3-32H2,1-2H3. The maximum absolute atomic E-state index is 5.42. The van der Waals surface area contributed by atoms with Gasteiger partial charge in [-0.05, 0) is 12.8 Å². The van der Waals surface area contributed by atoms with Gasteiger partial charge >= 0.3 is 0 Å². The van der Waals surface area contributed by atoms with E-state index in [9.17, 15) is 0 Å². The molecule has 1 radical (unpaired) electrons. The molecule has 1 nitrogen and oxygen atoms in total. The lowest BCUT2D eigenvalue weighted by Gasteiger charge is -2.04. The lowest BCUT2D eigenvalue weighted by molar-refractivity contribution is 0.190. The first-order valence-corrected chi connectivity index (χ1v) is 16.3. The zero-order chi connectivity index (χ0) is 24.6. The van der Waals surface area contributed by atoms with Crippen LogP contribution < -0.4 is 0 Å². The summed E-state index contributed by atoms with van der Waals surface area (Å²) in [4.78, 5) is 0. The Morgan fingerprint density at radius 1 is 0.324 bits per heavy atom. The fourth-order valence-electron chi connectivity index (χ4n) is 5.00. The van der Waals surface area contributed by atoms with Crippen molar-refractivity contribution in [2.45, 2.75) is 200 Å². The van der Waals surface area contributed by atoms with E-state index in [4.69, 9.17) is 4.74 Å². The van der Waals surface area contributed by atoms with Gasteiger partial charge in [-0.2, -0.15) is 0 Å². The summed E-state index contributed by atoms with van der Waals surface area (Å²) in [5, 5.41) is 0. The Morgan fingerprint density at radius 3 is 0.853 bits per heavy atom. The molecular weight excluding hydrogens is 412 g/mol. The van der Waals surface area contributed by atoms with Crippen LogP contribution in [0.3, 0.4) is 0 Å². The van der Waals surface area contributed by atoms with E-state index in [1.54, 1.807) is 0 Å². The van der Waals surface area contributed by atoms with Crippen molar-refractivity contribution in [3.05, 3.63) is 6.61 Å². The highest BCUT2D eigenvalue weighted by molar-refractivity contribution is 4.54. The third-order valence-electron chi connectivity index (χ3n) is 7.37. The van der Waals surface area contributed by atoms with E-state index in [1.165, 1.54) is 173 Å². The molecule has 0 N–H and O–H groups in total. The van der Waals surface area contributed by atoms with E-state index in [0.717, 1.165) is 19.4 Å². The molecule has 0 atom stereocenters. The number of unbranched alkanes of at least 4 members (excludes halogenated alkanes) is 27. The Balaban J connectivity index is 2.99. The summed E-state index contributed by atoms with van der Waals surface area (Å²) in [5.74, 6) is 0. The minimum atomic E-state index is 0.888. The Kier molecular flexibility index (Phi) is 32.9. The van der Waals surface area contributed by atoms with Crippen LogP contribution in [0.2, 0.25) is 0 Å². The predicted octanol–water partition coefficient (Wildman–Crippen LogP) is 12.5. The molecule has 205 valence electrons. The van der Waals surface area contributed by atoms with Crippen molar-refractivity contribution in [2.24, 2.45) is 0 Å². The second-order valence-electron chi connectivity index (χ2n) is 11.0. The Labute approximate surface area is 218 Å². The van der Waals surface area contributed by atoms with E-state index < -0.39 is 0 Å². The molecule has 0 spiro atoms. The minimum absolute atomic E-state index is 0.888. The van der Waals surface area contributed by atoms with Crippen molar-refractivity contribution < 1.29 is 4.74 Å². The molecule has 34 heavy (non-hydrogen) atoms. The second-order valence-corrected chi connectivity index (χ2v) is 11.0. The molecule has 0 saturated heterocycles. The van der Waals surface area contributed by atoms with Crippen LogP contribution in [0.1, 0.15) is 200 Å². The van der Waals surface area contributed by atoms with Crippen LogP contribution in [0.5, 0.6) is 0 Å². The van der Waals surface area contributed by atoms with E-state index in [0.29, 0.717) is 0 Å². The van der Waals surface area contributed by atoms with Crippen LogP contribution >= 0.6 is 0 Å². The van der Waals surface area contributed by atoms with Gasteiger partial charge in [0.05, 0.1) is 6.61 Å². The topological polar surface area (TPSA) is 9.23 Å². The summed E-state index contributed by atoms with van der Waals surface area (Å²) in [7, 11) is 0. The Hall–Kier alpha value is -0.0400. The van der Waals surface area contributed by atoms with Crippen molar-refractivity contribution >= 4 is 0 Å². The first kappa shape index (κ1) is 34.0. The van der Waals surface area contributed by atoms with Crippen LogP contribution in [0, 0.1) is 6.61 Å². The maximum Gasteiger partial charge on any atom is 0.0836 e.